The van der Waals surface area contributed by atoms with Crippen molar-refractivity contribution in [2.45, 2.75) is 277 Å². The summed E-state index contributed by atoms with van der Waals surface area (Å²) in [6, 6.07) is 0. The molecule has 0 aromatic heterocycles. The highest BCUT2D eigenvalue weighted by Crippen LogP contribution is 2.16. The molecule has 0 aliphatic rings. The maximum Gasteiger partial charge on any atom is 0.306 e. The van der Waals surface area contributed by atoms with Gasteiger partial charge in [0.25, 0.3) is 0 Å². The third-order valence-electron chi connectivity index (χ3n) is 13.1. The highest BCUT2D eigenvalue weighted by atomic mass is 16.6. The molecule has 0 saturated carbocycles. The smallest absolute Gasteiger partial charge is 0.306 e. The van der Waals surface area contributed by atoms with E-state index in [2.05, 4.69) is 154 Å². The van der Waals surface area contributed by atoms with E-state index in [1.165, 1.54) is 109 Å². The maximum absolute atomic E-state index is 12.8. The Kier molecular flexibility index (Phi) is 60.9. The van der Waals surface area contributed by atoms with Gasteiger partial charge in [-0.05, 0) is 109 Å². The summed E-state index contributed by atoms with van der Waals surface area (Å²) in [7, 11) is 0. The van der Waals surface area contributed by atoms with E-state index >= 15 is 0 Å². The lowest BCUT2D eigenvalue weighted by molar-refractivity contribution is -0.166. The van der Waals surface area contributed by atoms with Gasteiger partial charge in [0.15, 0.2) is 6.10 Å². The van der Waals surface area contributed by atoms with E-state index in [-0.39, 0.29) is 31.6 Å². The number of ether oxygens (including phenoxy) is 3. The molecular weight excluding hydrogens is 961 g/mol. The molecule has 440 valence electrons. The molecule has 1 atom stereocenters. The molecule has 0 rings (SSSR count). The van der Waals surface area contributed by atoms with E-state index in [1.54, 1.807) is 0 Å². The SMILES string of the molecule is CC/C=C\C/C=C\C/C=C\C/C=C\C/C=C\C/C=C\CCCCCCCCCCCCCCCCCCC(=O)OCC(COC(=O)CCCCCCCC)OC(=O)CC/C=C\C/C=C\C/C=C\C/C=C\C/C=C\C/C=C\CC. The lowest BCUT2D eigenvalue weighted by atomic mass is 10.0. The average Bonchev–Trinajstić information content (AvgIpc) is 3.44. The number of rotatable bonds is 56. The van der Waals surface area contributed by atoms with Crippen molar-refractivity contribution in [1.29, 1.82) is 0 Å². The zero-order chi connectivity index (χ0) is 56.4. The van der Waals surface area contributed by atoms with Crippen molar-refractivity contribution in [2.75, 3.05) is 13.2 Å². The van der Waals surface area contributed by atoms with E-state index in [0.29, 0.717) is 19.3 Å². The van der Waals surface area contributed by atoms with Gasteiger partial charge >= 0.3 is 17.9 Å². The van der Waals surface area contributed by atoms with Crippen LogP contribution < -0.4 is 0 Å². The zero-order valence-corrected chi connectivity index (χ0v) is 50.4. The van der Waals surface area contributed by atoms with Crippen molar-refractivity contribution in [3.05, 3.63) is 146 Å². The number of esters is 3. The molecular formula is C72H116O6. The quantitative estimate of drug-likeness (QED) is 0.0261. The Hall–Kier alpha value is -4.71. The van der Waals surface area contributed by atoms with E-state index in [4.69, 9.17) is 14.2 Å². The molecule has 0 bridgehead atoms. The summed E-state index contributed by atoms with van der Waals surface area (Å²) in [5, 5.41) is 0. The molecule has 0 N–H and O–H groups in total. The fourth-order valence-corrected chi connectivity index (χ4v) is 8.41. The first-order chi connectivity index (χ1) is 38.5. The second-order valence-electron chi connectivity index (χ2n) is 20.6. The fraction of sp³-hybridized carbons (Fsp3) is 0.625. The van der Waals surface area contributed by atoms with Crippen LogP contribution in [0.25, 0.3) is 0 Å². The minimum atomic E-state index is -0.819. The lowest BCUT2D eigenvalue weighted by Gasteiger charge is -2.18. The summed E-state index contributed by atoms with van der Waals surface area (Å²) >= 11 is 0. The molecule has 1 unspecified atom stereocenters. The van der Waals surface area contributed by atoms with E-state index in [9.17, 15) is 14.4 Å². The van der Waals surface area contributed by atoms with Crippen molar-refractivity contribution in [3.8, 4) is 0 Å². The highest BCUT2D eigenvalue weighted by molar-refractivity contribution is 5.71. The van der Waals surface area contributed by atoms with E-state index in [0.717, 1.165) is 116 Å². The van der Waals surface area contributed by atoms with Gasteiger partial charge in [0, 0.05) is 19.3 Å². The van der Waals surface area contributed by atoms with Crippen LogP contribution in [-0.4, -0.2) is 37.2 Å². The summed E-state index contributed by atoms with van der Waals surface area (Å²) in [5.41, 5.74) is 0. The van der Waals surface area contributed by atoms with Gasteiger partial charge < -0.3 is 14.2 Å². The van der Waals surface area contributed by atoms with Crippen LogP contribution in [0.1, 0.15) is 271 Å². The molecule has 0 aromatic carbocycles. The minimum Gasteiger partial charge on any atom is -0.462 e. The number of hydrogen-bond acceptors (Lipinski definition) is 6. The van der Waals surface area contributed by atoms with Gasteiger partial charge in [-0.1, -0.05) is 289 Å². The first kappa shape index (κ1) is 73.3. The predicted octanol–water partition coefficient (Wildman–Crippen LogP) is 21.9. The summed E-state index contributed by atoms with van der Waals surface area (Å²) in [6.07, 6.45) is 93.4. The third-order valence-corrected chi connectivity index (χ3v) is 13.1. The van der Waals surface area contributed by atoms with Crippen LogP contribution in [0.2, 0.25) is 0 Å². The average molecular weight is 1080 g/mol. The summed E-state index contributed by atoms with van der Waals surface area (Å²) < 4.78 is 16.7. The van der Waals surface area contributed by atoms with Gasteiger partial charge in [0.2, 0.25) is 0 Å². The number of carbonyl (C=O) groups excluding carboxylic acids is 3. The first-order valence-corrected chi connectivity index (χ1v) is 31.8. The molecule has 78 heavy (non-hydrogen) atoms. The van der Waals surface area contributed by atoms with Crippen LogP contribution >= 0.6 is 0 Å². The van der Waals surface area contributed by atoms with Crippen LogP contribution in [0.3, 0.4) is 0 Å². The van der Waals surface area contributed by atoms with Crippen molar-refractivity contribution < 1.29 is 28.6 Å². The molecule has 0 spiro atoms. The van der Waals surface area contributed by atoms with Gasteiger partial charge in [0.05, 0.1) is 0 Å². The third kappa shape index (κ3) is 62.1. The van der Waals surface area contributed by atoms with Crippen molar-refractivity contribution >= 4 is 17.9 Å². The number of unbranched alkanes of at least 4 members (excludes halogenated alkanes) is 21. The van der Waals surface area contributed by atoms with Crippen LogP contribution in [-0.2, 0) is 28.6 Å². The number of carbonyl (C=O) groups is 3. The first-order valence-electron chi connectivity index (χ1n) is 31.8. The molecule has 0 amide bonds. The van der Waals surface area contributed by atoms with Gasteiger partial charge in [-0.15, -0.1) is 0 Å². The van der Waals surface area contributed by atoms with Crippen molar-refractivity contribution in [1.82, 2.24) is 0 Å². The Morgan fingerprint density at radius 2 is 0.526 bits per heavy atom. The van der Waals surface area contributed by atoms with Gasteiger partial charge in [-0.3, -0.25) is 14.4 Å². The van der Waals surface area contributed by atoms with Gasteiger partial charge in [0.1, 0.15) is 13.2 Å². The van der Waals surface area contributed by atoms with Crippen LogP contribution in [0.5, 0.6) is 0 Å². The molecule has 0 radical (unpaired) electrons. The zero-order valence-electron chi connectivity index (χ0n) is 50.4. The summed E-state index contributed by atoms with van der Waals surface area (Å²) in [6.45, 7) is 6.28. The molecule has 0 fully saturated rings. The Balaban J connectivity index is 4.09. The largest absolute Gasteiger partial charge is 0.462 e. The van der Waals surface area contributed by atoms with Gasteiger partial charge in [-0.2, -0.15) is 0 Å². The van der Waals surface area contributed by atoms with E-state index < -0.39 is 12.1 Å². The molecule has 6 heteroatoms. The summed E-state index contributed by atoms with van der Waals surface area (Å²) in [4.78, 5) is 37.9. The second kappa shape index (κ2) is 64.8. The second-order valence-corrected chi connectivity index (χ2v) is 20.6. The standard InChI is InChI=1S/C72H116O6/c1-4-7-10-13-16-18-20-22-24-26-28-29-30-31-32-33-34-35-36-37-38-39-40-41-42-43-45-46-48-50-52-54-56-59-62-65-71(74)77-68-69(67-76-70(73)64-61-58-15-12-9-6-3)78-72(75)66-63-60-57-55-53-51-49-47-44-27-25-23-21-19-17-14-11-8-5-2/h7-8,10-11,16-19,22-25,28-29,31-32,34-35,44,47,51,53,57,60,69H,4-6,9,12-15,20-21,26-27,30,33,36-43,45-46,48-50,52,54-56,58-59,61-68H2,1-3H3/b10-7-,11-8-,18-16-,19-17-,24-22-,25-23-,29-28-,32-31-,35-34-,47-44-,53-51-,60-57-. The van der Waals surface area contributed by atoms with Crippen LogP contribution in [0.4, 0.5) is 0 Å². The predicted molar refractivity (Wildman–Crippen MR) is 339 cm³/mol. The Morgan fingerprint density at radius 3 is 0.833 bits per heavy atom. The highest BCUT2D eigenvalue weighted by Gasteiger charge is 2.19. The molecule has 0 aromatic rings. The van der Waals surface area contributed by atoms with Crippen LogP contribution in [0.15, 0.2) is 146 Å². The van der Waals surface area contributed by atoms with Crippen LogP contribution in [0, 0.1) is 0 Å². The molecule has 0 aliphatic heterocycles. The Labute approximate surface area is 480 Å². The lowest BCUT2D eigenvalue weighted by Crippen LogP contribution is -2.30. The molecule has 0 aliphatic carbocycles. The monoisotopic (exact) mass is 1080 g/mol. The fourth-order valence-electron chi connectivity index (χ4n) is 8.41. The normalized spacial score (nSPS) is 13.1. The van der Waals surface area contributed by atoms with Gasteiger partial charge in [-0.25, -0.2) is 0 Å². The minimum absolute atomic E-state index is 0.110. The summed E-state index contributed by atoms with van der Waals surface area (Å²) in [5.74, 6) is -1.01. The Morgan fingerprint density at radius 1 is 0.269 bits per heavy atom. The number of allylic oxidation sites excluding steroid dienone is 24. The topological polar surface area (TPSA) is 78.9 Å². The molecule has 0 saturated heterocycles. The Bertz CT molecular complexity index is 1710. The van der Waals surface area contributed by atoms with Crippen molar-refractivity contribution in [3.63, 3.8) is 0 Å². The van der Waals surface area contributed by atoms with E-state index in [1.807, 2.05) is 12.2 Å². The maximum atomic E-state index is 12.8. The van der Waals surface area contributed by atoms with Crippen molar-refractivity contribution in [2.24, 2.45) is 0 Å². The molecule has 0 heterocycles. The molecule has 6 nitrogen and oxygen atoms in total. The number of hydrogen-bond donors (Lipinski definition) is 0.